The maximum absolute atomic E-state index is 13.4. The van der Waals surface area contributed by atoms with E-state index in [1.54, 1.807) is 44.3 Å². The highest BCUT2D eigenvalue weighted by Crippen LogP contribution is 2.21. The Morgan fingerprint density at radius 2 is 1.81 bits per heavy atom. The van der Waals surface area contributed by atoms with Gasteiger partial charge in [-0.25, -0.2) is 8.78 Å². The maximum atomic E-state index is 13.4. The number of nitrogens with two attached hydrogens (primary N) is 1. The summed E-state index contributed by atoms with van der Waals surface area (Å²) < 4.78 is 31.6. The molecule has 0 aliphatic carbocycles. The third kappa shape index (κ3) is 5.64. The molecule has 0 aliphatic heterocycles. The summed E-state index contributed by atoms with van der Waals surface area (Å²) >= 11 is 0. The Kier molecular flexibility index (Phi) is 6.65. The van der Waals surface area contributed by atoms with E-state index >= 15 is 0 Å². The zero-order valence-electron chi connectivity index (χ0n) is 15.0. The number of primary amides is 1. The lowest BCUT2D eigenvalue weighted by atomic mass is 10.1. The Hall–Kier alpha value is -3.22. The Balaban J connectivity index is 2.00. The van der Waals surface area contributed by atoms with Crippen LogP contribution >= 0.6 is 0 Å². The van der Waals surface area contributed by atoms with E-state index in [0.29, 0.717) is 11.3 Å². The molecule has 27 heavy (non-hydrogen) atoms. The molecule has 0 aromatic heterocycles. The van der Waals surface area contributed by atoms with E-state index in [-0.39, 0.29) is 12.5 Å². The zero-order chi connectivity index (χ0) is 20.0. The standard InChI is InChI=1S/C20H20F2N2O3/c1-13(15-6-9-17(21)18(22)11-15)24(2)20(26)10-5-14-3-7-16(8-4-14)27-12-19(23)25/h3-11,13H,12H2,1-2H3,(H2,23,25)/b10-5+. The first-order valence-corrected chi connectivity index (χ1v) is 8.19. The van der Waals surface area contributed by atoms with E-state index in [1.807, 2.05) is 0 Å². The number of hydrogen-bond donors (Lipinski definition) is 1. The second-order valence-corrected chi connectivity index (χ2v) is 5.96. The first-order chi connectivity index (χ1) is 12.8. The minimum Gasteiger partial charge on any atom is -0.484 e. The lowest BCUT2D eigenvalue weighted by Gasteiger charge is -2.24. The quantitative estimate of drug-likeness (QED) is 0.757. The Bertz CT molecular complexity index is 851. The van der Waals surface area contributed by atoms with Gasteiger partial charge in [-0.1, -0.05) is 18.2 Å². The predicted octanol–water partition coefficient (Wildman–Crippen LogP) is 3.06. The fraction of sp³-hybridized carbons (Fsp3) is 0.200. The molecule has 0 heterocycles. The molecule has 0 aliphatic rings. The molecular weight excluding hydrogens is 354 g/mol. The molecule has 2 rings (SSSR count). The molecule has 2 aromatic carbocycles. The highest BCUT2D eigenvalue weighted by molar-refractivity contribution is 5.91. The summed E-state index contributed by atoms with van der Waals surface area (Å²) in [4.78, 5) is 24.4. The van der Waals surface area contributed by atoms with E-state index in [9.17, 15) is 18.4 Å². The molecule has 0 saturated heterocycles. The molecular formula is C20H20F2N2O3. The molecule has 0 spiro atoms. The molecule has 0 saturated carbocycles. The van der Waals surface area contributed by atoms with Crippen molar-refractivity contribution in [1.82, 2.24) is 4.90 Å². The molecule has 1 unspecified atom stereocenters. The minimum atomic E-state index is -0.950. The molecule has 2 N–H and O–H groups in total. The van der Waals surface area contributed by atoms with Crippen LogP contribution in [0.2, 0.25) is 0 Å². The number of nitrogens with zero attached hydrogens (tertiary/aromatic N) is 1. The van der Waals surface area contributed by atoms with Crippen molar-refractivity contribution < 1.29 is 23.1 Å². The Labute approximate surface area is 156 Å². The number of hydrogen-bond acceptors (Lipinski definition) is 3. The van der Waals surface area contributed by atoms with Crippen molar-refractivity contribution in [1.29, 1.82) is 0 Å². The largest absolute Gasteiger partial charge is 0.484 e. The van der Waals surface area contributed by atoms with Crippen molar-refractivity contribution in [2.45, 2.75) is 13.0 Å². The third-order valence-electron chi connectivity index (χ3n) is 4.03. The lowest BCUT2D eigenvalue weighted by molar-refractivity contribution is -0.126. The second kappa shape index (κ2) is 8.93. The predicted molar refractivity (Wildman–Crippen MR) is 97.7 cm³/mol. The van der Waals surface area contributed by atoms with Crippen LogP contribution in [0.4, 0.5) is 8.78 Å². The van der Waals surface area contributed by atoms with Gasteiger partial charge in [0.05, 0.1) is 6.04 Å². The SMILES string of the molecule is CC(c1ccc(F)c(F)c1)N(C)C(=O)/C=C/c1ccc(OCC(N)=O)cc1. The number of rotatable bonds is 7. The normalized spacial score (nSPS) is 12.0. The monoisotopic (exact) mass is 374 g/mol. The molecule has 2 aromatic rings. The third-order valence-corrected chi connectivity index (χ3v) is 4.03. The van der Waals surface area contributed by atoms with Gasteiger partial charge in [0.15, 0.2) is 18.2 Å². The van der Waals surface area contributed by atoms with Crippen LogP contribution in [0.3, 0.4) is 0 Å². The van der Waals surface area contributed by atoms with Crippen LogP contribution in [0, 0.1) is 11.6 Å². The Morgan fingerprint density at radius 3 is 2.41 bits per heavy atom. The van der Waals surface area contributed by atoms with Crippen molar-refractivity contribution in [3.63, 3.8) is 0 Å². The number of benzene rings is 2. The van der Waals surface area contributed by atoms with Crippen molar-refractivity contribution in [2.75, 3.05) is 13.7 Å². The van der Waals surface area contributed by atoms with Crippen molar-refractivity contribution in [2.24, 2.45) is 5.73 Å². The van der Waals surface area contributed by atoms with Crippen LogP contribution in [-0.2, 0) is 9.59 Å². The summed E-state index contributed by atoms with van der Waals surface area (Å²) in [6, 6.07) is 9.89. The molecule has 0 radical (unpaired) electrons. The van der Waals surface area contributed by atoms with Gasteiger partial charge in [0, 0.05) is 13.1 Å². The number of ether oxygens (including phenoxy) is 1. The number of likely N-dealkylation sites (N-methyl/N-ethyl adjacent to an activating group) is 1. The van der Waals surface area contributed by atoms with E-state index < -0.39 is 23.6 Å². The topological polar surface area (TPSA) is 72.6 Å². The Morgan fingerprint density at radius 1 is 1.15 bits per heavy atom. The number of amides is 2. The second-order valence-electron chi connectivity index (χ2n) is 5.96. The van der Waals surface area contributed by atoms with Gasteiger partial charge in [-0.05, 0) is 48.4 Å². The highest BCUT2D eigenvalue weighted by Gasteiger charge is 2.17. The van der Waals surface area contributed by atoms with E-state index in [1.165, 1.54) is 17.0 Å². The van der Waals surface area contributed by atoms with Crippen molar-refractivity contribution in [3.05, 3.63) is 71.3 Å². The highest BCUT2D eigenvalue weighted by atomic mass is 19.2. The van der Waals surface area contributed by atoms with Crippen LogP contribution in [0.25, 0.3) is 6.08 Å². The smallest absolute Gasteiger partial charge is 0.255 e. The maximum Gasteiger partial charge on any atom is 0.255 e. The van der Waals surface area contributed by atoms with E-state index in [2.05, 4.69) is 0 Å². The molecule has 0 bridgehead atoms. The number of carbonyl (C=O) groups excluding carboxylic acids is 2. The molecule has 1 atom stereocenters. The fourth-order valence-electron chi connectivity index (χ4n) is 2.30. The summed E-state index contributed by atoms with van der Waals surface area (Å²) in [6.45, 7) is 1.52. The van der Waals surface area contributed by atoms with Gasteiger partial charge in [0.1, 0.15) is 5.75 Å². The molecule has 7 heteroatoms. The zero-order valence-corrected chi connectivity index (χ0v) is 15.0. The van der Waals surface area contributed by atoms with Crippen LogP contribution in [-0.4, -0.2) is 30.4 Å². The van der Waals surface area contributed by atoms with Crippen LogP contribution in [0.15, 0.2) is 48.5 Å². The molecule has 0 fully saturated rings. The summed E-state index contributed by atoms with van der Waals surface area (Å²) in [7, 11) is 1.58. The number of carbonyl (C=O) groups is 2. The first-order valence-electron chi connectivity index (χ1n) is 8.19. The van der Waals surface area contributed by atoms with Crippen LogP contribution in [0.1, 0.15) is 24.1 Å². The van der Waals surface area contributed by atoms with Gasteiger partial charge in [-0.3, -0.25) is 9.59 Å². The number of halogens is 2. The van der Waals surface area contributed by atoms with Crippen LogP contribution in [0.5, 0.6) is 5.75 Å². The molecule has 5 nitrogen and oxygen atoms in total. The minimum absolute atomic E-state index is 0.208. The average Bonchev–Trinajstić information content (AvgIpc) is 2.66. The van der Waals surface area contributed by atoms with Gasteiger partial charge in [0.25, 0.3) is 5.91 Å². The summed E-state index contributed by atoms with van der Waals surface area (Å²) in [5.74, 6) is -2.25. The fourth-order valence-corrected chi connectivity index (χ4v) is 2.30. The van der Waals surface area contributed by atoms with Gasteiger partial charge >= 0.3 is 0 Å². The summed E-state index contributed by atoms with van der Waals surface area (Å²) in [5.41, 5.74) is 6.25. The lowest BCUT2D eigenvalue weighted by Crippen LogP contribution is -2.28. The van der Waals surface area contributed by atoms with E-state index in [4.69, 9.17) is 10.5 Å². The summed E-state index contributed by atoms with van der Waals surface area (Å²) in [5, 5.41) is 0. The van der Waals surface area contributed by atoms with Gasteiger partial charge in [-0.2, -0.15) is 0 Å². The molecule has 142 valence electrons. The van der Waals surface area contributed by atoms with Gasteiger partial charge in [0.2, 0.25) is 5.91 Å². The van der Waals surface area contributed by atoms with Crippen LogP contribution < -0.4 is 10.5 Å². The van der Waals surface area contributed by atoms with Gasteiger partial charge < -0.3 is 15.4 Å². The molecule has 2 amide bonds. The van der Waals surface area contributed by atoms with Gasteiger partial charge in [-0.15, -0.1) is 0 Å². The summed E-state index contributed by atoms with van der Waals surface area (Å²) in [6.07, 6.45) is 3.00. The van der Waals surface area contributed by atoms with Crippen molar-refractivity contribution in [3.8, 4) is 5.75 Å². The first kappa shape index (κ1) is 20.1. The average molecular weight is 374 g/mol. The van der Waals surface area contributed by atoms with Crippen molar-refractivity contribution >= 4 is 17.9 Å². The van der Waals surface area contributed by atoms with E-state index in [0.717, 1.165) is 17.7 Å².